The average Bonchev–Trinajstić information content (AvgIpc) is 1.91. The molecule has 0 atom stereocenters. The summed E-state index contributed by atoms with van der Waals surface area (Å²) in [7, 11) is 0. The molecule has 0 aromatic rings. The van der Waals surface area contributed by atoms with Gasteiger partial charge in [-0.05, 0) is 20.0 Å². The lowest BCUT2D eigenvalue weighted by atomic mass is 10.7. The van der Waals surface area contributed by atoms with E-state index in [9.17, 15) is 4.39 Å². The lowest BCUT2D eigenvalue weighted by Gasteiger charge is -1.86. The van der Waals surface area contributed by atoms with Crippen molar-refractivity contribution in [2.24, 2.45) is 0 Å². The van der Waals surface area contributed by atoms with Gasteiger partial charge in [-0.2, -0.15) is 0 Å². The molecule has 0 fully saturated rings. The molecular weight excluding hydrogens is 117 g/mol. The number of hydrogen-bond donors (Lipinski definition) is 1. The number of allylic oxidation sites excluding steroid dienone is 1. The fourth-order valence-electron chi connectivity index (χ4n) is 0.250. The van der Waals surface area contributed by atoms with Crippen molar-refractivity contribution in [1.29, 1.82) is 0 Å². The summed E-state index contributed by atoms with van der Waals surface area (Å²) in [4.78, 5) is 0. The lowest BCUT2D eigenvalue weighted by Crippen LogP contribution is -2.09. The first-order valence-corrected chi connectivity index (χ1v) is 3.25. The minimum atomic E-state index is 0.500. The van der Waals surface area contributed by atoms with Crippen molar-refractivity contribution >= 4 is 0 Å². The van der Waals surface area contributed by atoms with Crippen LogP contribution in [0.3, 0.4) is 0 Å². The Morgan fingerprint density at radius 3 is 1.67 bits per heavy atom. The molecule has 0 radical (unpaired) electrons. The van der Waals surface area contributed by atoms with Gasteiger partial charge in [0.25, 0.3) is 0 Å². The van der Waals surface area contributed by atoms with Crippen LogP contribution in [0.25, 0.3) is 0 Å². The summed E-state index contributed by atoms with van der Waals surface area (Å²) in [5.74, 6) is 0. The summed E-state index contributed by atoms with van der Waals surface area (Å²) in [6.07, 6.45) is 1.83. The quantitative estimate of drug-likeness (QED) is 0.608. The zero-order valence-corrected chi connectivity index (χ0v) is 6.45. The van der Waals surface area contributed by atoms with Crippen LogP contribution < -0.4 is 5.32 Å². The van der Waals surface area contributed by atoms with Crippen LogP contribution >= 0.6 is 0 Å². The summed E-state index contributed by atoms with van der Waals surface area (Å²) in [6.45, 7) is 8.01. The van der Waals surface area contributed by atoms with Gasteiger partial charge in [0.05, 0.1) is 6.33 Å². The van der Waals surface area contributed by atoms with Crippen molar-refractivity contribution in [2.45, 2.75) is 20.8 Å². The van der Waals surface area contributed by atoms with Gasteiger partial charge in [0.1, 0.15) is 0 Å². The maximum atomic E-state index is 10.5. The Kier molecular flexibility index (Phi) is 19.9. The van der Waals surface area contributed by atoms with Gasteiger partial charge in [-0.1, -0.05) is 19.9 Å². The van der Waals surface area contributed by atoms with Crippen molar-refractivity contribution < 1.29 is 4.39 Å². The smallest absolute Gasteiger partial charge is 0.0824 e. The van der Waals surface area contributed by atoms with Crippen LogP contribution in [0, 0.1) is 0 Å². The van der Waals surface area contributed by atoms with Crippen LogP contribution in [-0.2, 0) is 0 Å². The van der Waals surface area contributed by atoms with E-state index in [1.165, 1.54) is 6.08 Å². The first-order valence-electron chi connectivity index (χ1n) is 3.25. The molecule has 0 saturated carbocycles. The Hall–Kier alpha value is -0.370. The van der Waals surface area contributed by atoms with Crippen molar-refractivity contribution in [3.63, 3.8) is 0 Å². The highest BCUT2D eigenvalue weighted by Crippen LogP contribution is 1.62. The van der Waals surface area contributed by atoms with Gasteiger partial charge in [-0.25, -0.2) is 4.39 Å². The third-order valence-electron chi connectivity index (χ3n) is 0.626. The SMILES string of the molecule is CC=CF.CCNCC. The minimum absolute atomic E-state index is 0.500. The molecule has 0 rings (SSSR count). The van der Waals surface area contributed by atoms with Crippen LogP contribution in [0.1, 0.15) is 20.8 Å². The topological polar surface area (TPSA) is 12.0 Å². The molecule has 2 heteroatoms. The van der Waals surface area contributed by atoms with E-state index >= 15 is 0 Å². The van der Waals surface area contributed by atoms with Crippen molar-refractivity contribution in [2.75, 3.05) is 13.1 Å². The second-order valence-corrected chi connectivity index (χ2v) is 1.42. The van der Waals surface area contributed by atoms with E-state index in [0.717, 1.165) is 13.1 Å². The number of rotatable bonds is 2. The van der Waals surface area contributed by atoms with Crippen LogP contribution in [0.4, 0.5) is 4.39 Å². The van der Waals surface area contributed by atoms with E-state index in [2.05, 4.69) is 19.2 Å². The van der Waals surface area contributed by atoms with Gasteiger partial charge in [-0.3, -0.25) is 0 Å². The molecule has 1 nitrogen and oxygen atoms in total. The van der Waals surface area contributed by atoms with Crippen LogP contribution in [0.15, 0.2) is 12.4 Å². The highest BCUT2D eigenvalue weighted by Gasteiger charge is 1.62. The first-order chi connectivity index (χ1) is 4.33. The molecule has 0 spiro atoms. The molecule has 0 heterocycles. The maximum absolute atomic E-state index is 10.5. The van der Waals surface area contributed by atoms with E-state index < -0.39 is 0 Å². The third kappa shape index (κ3) is 35.0. The zero-order chi connectivity index (χ0) is 7.54. The molecule has 0 aliphatic rings. The summed E-state index contributed by atoms with van der Waals surface area (Å²) in [5, 5.41) is 3.11. The van der Waals surface area contributed by atoms with E-state index in [4.69, 9.17) is 0 Å². The van der Waals surface area contributed by atoms with Crippen LogP contribution in [0.2, 0.25) is 0 Å². The van der Waals surface area contributed by atoms with E-state index in [0.29, 0.717) is 6.33 Å². The van der Waals surface area contributed by atoms with Crippen molar-refractivity contribution in [3.8, 4) is 0 Å². The highest BCUT2D eigenvalue weighted by molar-refractivity contribution is 4.61. The molecule has 9 heavy (non-hydrogen) atoms. The molecule has 0 bridgehead atoms. The minimum Gasteiger partial charge on any atom is -0.317 e. The van der Waals surface area contributed by atoms with Gasteiger partial charge in [0.2, 0.25) is 0 Å². The Balaban J connectivity index is 0. The summed E-state index contributed by atoms with van der Waals surface area (Å²) in [6, 6.07) is 0. The first kappa shape index (κ1) is 11.4. The molecule has 0 unspecified atom stereocenters. The normalized spacial score (nSPS) is 8.89. The molecule has 0 aliphatic heterocycles. The van der Waals surface area contributed by atoms with Crippen molar-refractivity contribution in [1.82, 2.24) is 5.32 Å². The van der Waals surface area contributed by atoms with Gasteiger partial charge in [0.15, 0.2) is 0 Å². The van der Waals surface area contributed by atoms with Gasteiger partial charge < -0.3 is 5.32 Å². The third-order valence-corrected chi connectivity index (χ3v) is 0.626. The molecule has 56 valence electrons. The maximum Gasteiger partial charge on any atom is 0.0824 e. The second-order valence-electron chi connectivity index (χ2n) is 1.42. The molecule has 0 aromatic heterocycles. The molecule has 0 aliphatic carbocycles. The number of hydrogen-bond acceptors (Lipinski definition) is 1. The van der Waals surface area contributed by atoms with E-state index in [1.807, 2.05) is 0 Å². The molecule has 0 amide bonds. The van der Waals surface area contributed by atoms with Crippen LogP contribution in [0.5, 0.6) is 0 Å². The number of nitrogens with one attached hydrogen (secondary N) is 1. The van der Waals surface area contributed by atoms with Crippen molar-refractivity contribution in [3.05, 3.63) is 12.4 Å². The largest absolute Gasteiger partial charge is 0.317 e. The standard InChI is InChI=1S/C4H11N.C3H5F/c1-3-5-4-2;1-2-3-4/h5H,3-4H2,1-2H3;2-3H,1H3. The lowest BCUT2D eigenvalue weighted by molar-refractivity contribution is 0.719. The van der Waals surface area contributed by atoms with Gasteiger partial charge in [0, 0.05) is 0 Å². The van der Waals surface area contributed by atoms with E-state index in [-0.39, 0.29) is 0 Å². The van der Waals surface area contributed by atoms with Gasteiger partial charge >= 0.3 is 0 Å². The Bertz CT molecular complexity index is 46.9. The Labute approximate surface area is 57.0 Å². The second kappa shape index (κ2) is 15.6. The zero-order valence-electron chi connectivity index (χ0n) is 6.45. The van der Waals surface area contributed by atoms with Gasteiger partial charge in [-0.15, -0.1) is 0 Å². The molecular formula is C7H16FN. The summed E-state index contributed by atoms with van der Waals surface area (Å²) >= 11 is 0. The highest BCUT2D eigenvalue weighted by atomic mass is 19.1. The monoisotopic (exact) mass is 133 g/mol. The fourth-order valence-corrected chi connectivity index (χ4v) is 0.250. The average molecular weight is 133 g/mol. The number of halogens is 1. The Morgan fingerprint density at radius 2 is 1.67 bits per heavy atom. The molecule has 1 N–H and O–H groups in total. The predicted molar refractivity (Wildman–Crippen MR) is 40.1 cm³/mol. The molecule has 0 saturated heterocycles. The Morgan fingerprint density at radius 1 is 1.33 bits per heavy atom. The summed E-state index contributed by atoms with van der Waals surface area (Å²) in [5.41, 5.74) is 0. The molecule has 0 aromatic carbocycles. The summed E-state index contributed by atoms with van der Waals surface area (Å²) < 4.78 is 10.5. The van der Waals surface area contributed by atoms with Crippen LogP contribution in [-0.4, -0.2) is 13.1 Å². The fraction of sp³-hybridized carbons (Fsp3) is 0.714. The predicted octanol–water partition coefficient (Wildman–Crippen LogP) is 2.11. The van der Waals surface area contributed by atoms with E-state index in [1.54, 1.807) is 6.92 Å².